The molecule has 2 aromatic carbocycles. The summed E-state index contributed by atoms with van der Waals surface area (Å²) in [6.07, 6.45) is 8.92. The maximum atomic E-state index is 12.8. The predicted molar refractivity (Wildman–Crippen MR) is 127 cm³/mol. The van der Waals surface area contributed by atoms with E-state index in [0.717, 1.165) is 27.8 Å². The van der Waals surface area contributed by atoms with Crippen LogP contribution in [0, 0.1) is 0 Å². The Morgan fingerprint density at radius 3 is 2.64 bits per heavy atom. The lowest BCUT2D eigenvalue weighted by molar-refractivity contribution is -0.125. The van der Waals surface area contributed by atoms with E-state index >= 15 is 0 Å². The number of amides is 1. The second kappa shape index (κ2) is 8.63. The van der Waals surface area contributed by atoms with Crippen molar-refractivity contribution in [1.29, 1.82) is 0 Å². The van der Waals surface area contributed by atoms with Crippen LogP contribution in [0.4, 0.5) is 0 Å². The van der Waals surface area contributed by atoms with Gasteiger partial charge in [-0.2, -0.15) is 10.2 Å². The van der Waals surface area contributed by atoms with Gasteiger partial charge < -0.3 is 9.32 Å². The third-order valence-electron chi connectivity index (χ3n) is 5.38. The zero-order valence-electron chi connectivity index (χ0n) is 18.4. The van der Waals surface area contributed by atoms with E-state index in [0.29, 0.717) is 18.0 Å². The van der Waals surface area contributed by atoms with Gasteiger partial charge in [-0.25, -0.2) is 4.68 Å². The molecule has 164 valence electrons. The zero-order chi connectivity index (χ0) is 22.8. The highest BCUT2D eigenvalue weighted by molar-refractivity contribution is 5.93. The Bertz CT molecular complexity index is 1410. The van der Waals surface area contributed by atoms with Crippen LogP contribution in [0.3, 0.4) is 0 Å². The van der Waals surface area contributed by atoms with E-state index in [4.69, 9.17) is 9.52 Å². The number of aryl methyl sites for hydroxylation is 1. The molecule has 0 saturated carbocycles. The fourth-order valence-electron chi connectivity index (χ4n) is 3.71. The van der Waals surface area contributed by atoms with Gasteiger partial charge in [-0.05, 0) is 30.3 Å². The predicted octanol–water partition coefficient (Wildman–Crippen LogP) is 4.69. The Labute approximate surface area is 191 Å². The molecule has 5 aromatic rings. The average molecular weight is 438 g/mol. The lowest BCUT2D eigenvalue weighted by Crippen LogP contribution is -2.23. The molecule has 7 heteroatoms. The minimum Gasteiger partial charge on any atom is -0.454 e. The summed E-state index contributed by atoms with van der Waals surface area (Å²) in [5, 5.41) is 9.94. The summed E-state index contributed by atoms with van der Waals surface area (Å²) >= 11 is 0. The summed E-state index contributed by atoms with van der Waals surface area (Å²) in [6, 6.07) is 19.7. The van der Waals surface area contributed by atoms with Crippen molar-refractivity contribution in [2.45, 2.75) is 6.54 Å². The Hall–Kier alpha value is -4.39. The molecule has 1 amide bonds. The van der Waals surface area contributed by atoms with Crippen LogP contribution in [0.5, 0.6) is 0 Å². The summed E-state index contributed by atoms with van der Waals surface area (Å²) in [5.74, 6) is 0.545. The van der Waals surface area contributed by atoms with Crippen molar-refractivity contribution in [2.24, 2.45) is 7.05 Å². The summed E-state index contributed by atoms with van der Waals surface area (Å²) in [6.45, 7) is 0.483. The molecule has 0 bridgehead atoms. The van der Waals surface area contributed by atoms with Crippen molar-refractivity contribution in [3.8, 4) is 17.1 Å². The fraction of sp³-hybridized carbons (Fsp3) is 0.115. The first kappa shape index (κ1) is 20.5. The Morgan fingerprint density at radius 2 is 1.88 bits per heavy atom. The Morgan fingerprint density at radius 1 is 1.09 bits per heavy atom. The minimum atomic E-state index is -0.109. The number of furan rings is 1. The SMILES string of the molecule is CN(Cc1cnn(C)c1)C(=O)/C=C/c1cn(-c2ccccc2)nc1-c1cc2ccccc2o1. The molecule has 33 heavy (non-hydrogen) atoms. The molecule has 0 unspecified atom stereocenters. The average Bonchev–Trinajstić information content (AvgIpc) is 3.55. The molecule has 3 aromatic heterocycles. The van der Waals surface area contributed by atoms with Gasteiger partial charge in [-0.3, -0.25) is 9.48 Å². The van der Waals surface area contributed by atoms with Gasteiger partial charge in [0.1, 0.15) is 11.3 Å². The van der Waals surface area contributed by atoms with Crippen molar-refractivity contribution in [2.75, 3.05) is 7.05 Å². The van der Waals surface area contributed by atoms with Crippen molar-refractivity contribution < 1.29 is 9.21 Å². The molecule has 0 aliphatic carbocycles. The number of hydrogen-bond acceptors (Lipinski definition) is 4. The lowest BCUT2D eigenvalue weighted by atomic mass is 10.1. The van der Waals surface area contributed by atoms with Crippen LogP contribution < -0.4 is 0 Å². The smallest absolute Gasteiger partial charge is 0.246 e. The van der Waals surface area contributed by atoms with Crippen LogP contribution in [0.15, 0.2) is 89.7 Å². The number of likely N-dealkylation sites (N-methyl/N-ethyl adjacent to an activating group) is 1. The molecule has 0 atom stereocenters. The standard InChI is InChI=1S/C26H23N5O2/c1-29(16-19-15-27-30(2)17-19)25(32)13-12-21-18-31(22-9-4-3-5-10-22)28-26(21)24-14-20-8-6-7-11-23(20)33-24/h3-15,17-18H,16H2,1-2H3/b13-12+. The van der Waals surface area contributed by atoms with E-state index in [-0.39, 0.29) is 5.91 Å². The molecule has 0 saturated heterocycles. The third kappa shape index (κ3) is 4.34. The molecule has 7 nitrogen and oxygen atoms in total. The van der Waals surface area contributed by atoms with Gasteiger partial charge in [0.25, 0.3) is 0 Å². The number of benzene rings is 2. The fourth-order valence-corrected chi connectivity index (χ4v) is 3.71. The van der Waals surface area contributed by atoms with Crippen LogP contribution in [0.2, 0.25) is 0 Å². The number of rotatable bonds is 6. The van der Waals surface area contributed by atoms with E-state index in [1.807, 2.05) is 80.1 Å². The highest BCUT2D eigenvalue weighted by Gasteiger charge is 2.16. The summed E-state index contributed by atoms with van der Waals surface area (Å²) in [7, 11) is 3.63. The maximum absolute atomic E-state index is 12.8. The van der Waals surface area contributed by atoms with Gasteiger partial charge in [0.2, 0.25) is 5.91 Å². The van der Waals surface area contributed by atoms with E-state index < -0.39 is 0 Å². The van der Waals surface area contributed by atoms with Gasteiger partial charge in [-0.1, -0.05) is 36.4 Å². The van der Waals surface area contributed by atoms with E-state index in [9.17, 15) is 4.79 Å². The number of carbonyl (C=O) groups is 1. The molecule has 0 fully saturated rings. The topological polar surface area (TPSA) is 69.1 Å². The number of carbonyl (C=O) groups excluding carboxylic acids is 1. The monoisotopic (exact) mass is 437 g/mol. The minimum absolute atomic E-state index is 0.109. The Kier molecular flexibility index (Phi) is 5.36. The van der Waals surface area contributed by atoms with Gasteiger partial charge in [0.05, 0.1) is 11.9 Å². The van der Waals surface area contributed by atoms with Crippen LogP contribution in [0.25, 0.3) is 34.2 Å². The summed E-state index contributed by atoms with van der Waals surface area (Å²) in [5.41, 5.74) is 4.16. The van der Waals surface area contributed by atoms with Crippen LogP contribution in [0.1, 0.15) is 11.1 Å². The molecule has 0 aliphatic rings. The summed E-state index contributed by atoms with van der Waals surface area (Å²) in [4.78, 5) is 14.4. The molecule has 3 heterocycles. The number of aromatic nitrogens is 4. The molecule has 0 radical (unpaired) electrons. The molecular weight excluding hydrogens is 414 g/mol. The van der Waals surface area contributed by atoms with Crippen LogP contribution >= 0.6 is 0 Å². The molecule has 5 rings (SSSR count). The molecular formula is C26H23N5O2. The van der Waals surface area contributed by atoms with Gasteiger partial charge >= 0.3 is 0 Å². The van der Waals surface area contributed by atoms with E-state index in [2.05, 4.69) is 5.10 Å². The molecule has 0 aliphatic heterocycles. The lowest BCUT2D eigenvalue weighted by Gasteiger charge is -2.13. The number of nitrogens with zero attached hydrogens (tertiary/aromatic N) is 5. The molecule has 0 spiro atoms. The first-order valence-corrected chi connectivity index (χ1v) is 10.6. The quantitative estimate of drug-likeness (QED) is 0.362. The largest absolute Gasteiger partial charge is 0.454 e. The normalized spacial score (nSPS) is 11.5. The van der Waals surface area contributed by atoms with Crippen LogP contribution in [-0.2, 0) is 18.4 Å². The zero-order valence-corrected chi connectivity index (χ0v) is 18.4. The van der Waals surface area contributed by atoms with Crippen molar-refractivity contribution in [3.63, 3.8) is 0 Å². The second-order valence-corrected chi connectivity index (χ2v) is 7.91. The van der Waals surface area contributed by atoms with Gasteiger partial charge in [0.15, 0.2) is 5.76 Å². The Balaban J connectivity index is 1.47. The maximum Gasteiger partial charge on any atom is 0.246 e. The highest BCUT2D eigenvalue weighted by atomic mass is 16.3. The number of para-hydroxylation sites is 2. The first-order chi connectivity index (χ1) is 16.1. The van der Waals surface area contributed by atoms with Crippen molar-refractivity contribution in [3.05, 3.63) is 96.5 Å². The summed E-state index contributed by atoms with van der Waals surface area (Å²) < 4.78 is 9.59. The highest BCUT2D eigenvalue weighted by Crippen LogP contribution is 2.30. The van der Waals surface area contributed by atoms with Crippen molar-refractivity contribution >= 4 is 23.0 Å². The van der Waals surface area contributed by atoms with Gasteiger partial charge in [0, 0.05) is 55.6 Å². The van der Waals surface area contributed by atoms with E-state index in [1.54, 1.807) is 39.7 Å². The van der Waals surface area contributed by atoms with Crippen molar-refractivity contribution in [1.82, 2.24) is 24.5 Å². The third-order valence-corrected chi connectivity index (χ3v) is 5.38. The number of fused-ring (bicyclic) bond motifs is 1. The van der Waals surface area contributed by atoms with Gasteiger partial charge in [-0.15, -0.1) is 0 Å². The first-order valence-electron chi connectivity index (χ1n) is 10.6. The molecule has 0 N–H and O–H groups in total. The van der Waals surface area contributed by atoms with E-state index in [1.165, 1.54) is 0 Å². The van der Waals surface area contributed by atoms with Crippen LogP contribution in [-0.4, -0.2) is 37.4 Å². The number of hydrogen-bond donors (Lipinski definition) is 0. The second-order valence-electron chi connectivity index (χ2n) is 7.91.